The number of benzene rings is 1. The van der Waals surface area contributed by atoms with Crippen molar-refractivity contribution in [2.75, 3.05) is 25.4 Å². The topological polar surface area (TPSA) is 108 Å². The first-order chi connectivity index (χ1) is 16.1. The number of thiol groups is 1. The van der Waals surface area contributed by atoms with Crippen molar-refractivity contribution < 1.29 is 24.2 Å². The van der Waals surface area contributed by atoms with Crippen LogP contribution in [0.15, 0.2) is 24.3 Å². The summed E-state index contributed by atoms with van der Waals surface area (Å²) in [6.45, 7) is 7.15. The zero-order valence-corrected chi connectivity index (χ0v) is 21.4. The summed E-state index contributed by atoms with van der Waals surface area (Å²) in [5, 5.41) is 15.1. The van der Waals surface area contributed by atoms with Crippen LogP contribution in [0.1, 0.15) is 64.1 Å². The summed E-state index contributed by atoms with van der Waals surface area (Å²) in [5.74, 6) is 1.54. The maximum absolute atomic E-state index is 13.5. The van der Waals surface area contributed by atoms with Gasteiger partial charge in [0.25, 0.3) is 0 Å². The number of rotatable bonds is 12. The Morgan fingerprint density at radius 1 is 1.21 bits per heavy atom. The molecule has 0 aromatic heterocycles. The highest BCUT2D eigenvalue weighted by atomic mass is 32.1. The molecule has 2 atom stereocenters. The third kappa shape index (κ3) is 9.65. The lowest BCUT2D eigenvalue weighted by molar-refractivity contribution is -0.142. The summed E-state index contributed by atoms with van der Waals surface area (Å²) in [4.78, 5) is 40.2. The van der Waals surface area contributed by atoms with Crippen LogP contribution in [0.5, 0.6) is 0 Å². The standard InChI is InChI=1S/C25H37N3O5S/c1-6-8-9-14-26-22(30)21(19-12-10-18(7-2)11-13-19)28(15-16-29)23(31)20(17-34)27-24(32)33-25(3,4)5/h2,10-13,20-21,29,34H,6,8-9,14-17H2,1,3-5H3,(H,26,30)(H,27,32). The van der Waals surface area contributed by atoms with Gasteiger partial charge < -0.3 is 25.4 Å². The summed E-state index contributed by atoms with van der Waals surface area (Å²) in [7, 11) is 0. The third-order valence-corrected chi connectivity index (χ3v) is 5.19. The Kier molecular flexibility index (Phi) is 12.5. The molecule has 3 amide bonds. The van der Waals surface area contributed by atoms with Crippen molar-refractivity contribution in [3.8, 4) is 12.3 Å². The third-order valence-electron chi connectivity index (χ3n) is 4.83. The fourth-order valence-corrected chi connectivity index (χ4v) is 3.47. The Hall–Kier alpha value is -2.70. The molecular formula is C25H37N3O5S. The van der Waals surface area contributed by atoms with Crippen molar-refractivity contribution in [3.63, 3.8) is 0 Å². The van der Waals surface area contributed by atoms with E-state index in [0.717, 1.165) is 19.3 Å². The van der Waals surface area contributed by atoms with E-state index >= 15 is 0 Å². The van der Waals surface area contributed by atoms with Gasteiger partial charge in [0.1, 0.15) is 17.7 Å². The molecule has 0 fully saturated rings. The molecule has 0 saturated heterocycles. The lowest BCUT2D eigenvalue weighted by Gasteiger charge is -2.33. The molecule has 34 heavy (non-hydrogen) atoms. The van der Waals surface area contributed by atoms with Gasteiger partial charge in [-0.05, 0) is 44.9 Å². The van der Waals surface area contributed by atoms with Crippen LogP contribution >= 0.6 is 12.6 Å². The molecule has 3 N–H and O–H groups in total. The van der Waals surface area contributed by atoms with Crippen molar-refractivity contribution in [2.24, 2.45) is 0 Å². The zero-order valence-electron chi connectivity index (χ0n) is 20.5. The van der Waals surface area contributed by atoms with Gasteiger partial charge in [0.2, 0.25) is 11.8 Å². The van der Waals surface area contributed by atoms with E-state index in [-0.39, 0.29) is 24.8 Å². The molecule has 0 aliphatic rings. The van der Waals surface area contributed by atoms with Crippen LogP contribution < -0.4 is 10.6 Å². The van der Waals surface area contributed by atoms with Crippen LogP contribution in [-0.2, 0) is 14.3 Å². The molecule has 0 aliphatic heterocycles. The second-order valence-electron chi connectivity index (χ2n) is 8.80. The molecule has 1 rings (SSSR count). The molecule has 9 heteroatoms. The van der Waals surface area contributed by atoms with Crippen LogP contribution in [0.4, 0.5) is 4.79 Å². The number of unbranched alkanes of at least 4 members (excludes halogenated alkanes) is 2. The summed E-state index contributed by atoms with van der Waals surface area (Å²) in [5.41, 5.74) is 0.411. The van der Waals surface area contributed by atoms with Gasteiger partial charge in [-0.1, -0.05) is 37.8 Å². The Labute approximate surface area is 208 Å². The number of aliphatic hydroxyl groups excluding tert-OH is 1. The summed E-state index contributed by atoms with van der Waals surface area (Å²) < 4.78 is 5.25. The lowest BCUT2D eigenvalue weighted by atomic mass is 10.0. The predicted octanol–water partition coefficient (Wildman–Crippen LogP) is 2.66. The molecule has 0 radical (unpaired) electrons. The first-order valence-electron chi connectivity index (χ1n) is 11.4. The van der Waals surface area contributed by atoms with E-state index in [4.69, 9.17) is 11.2 Å². The highest BCUT2D eigenvalue weighted by molar-refractivity contribution is 7.80. The number of nitrogens with one attached hydrogen (secondary N) is 2. The van der Waals surface area contributed by atoms with Gasteiger partial charge in [-0.15, -0.1) is 6.42 Å². The number of ether oxygens (including phenoxy) is 1. The van der Waals surface area contributed by atoms with E-state index in [2.05, 4.69) is 36.1 Å². The highest BCUT2D eigenvalue weighted by Crippen LogP contribution is 2.23. The Balaban J connectivity index is 3.26. The van der Waals surface area contributed by atoms with Crippen LogP contribution in [0.3, 0.4) is 0 Å². The van der Waals surface area contributed by atoms with Crippen molar-refractivity contribution in [2.45, 2.75) is 64.6 Å². The van der Waals surface area contributed by atoms with E-state index in [1.807, 2.05) is 0 Å². The molecule has 0 aliphatic carbocycles. The molecule has 8 nitrogen and oxygen atoms in total. The molecule has 0 bridgehead atoms. The lowest BCUT2D eigenvalue weighted by Crippen LogP contribution is -2.54. The fraction of sp³-hybridized carbons (Fsp3) is 0.560. The van der Waals surface area contributed by atoms with Gasteiger partial charge in [0.05, 0.1) is 6.61 Å². The highest BCUT2D eigenvalue weighted by Gasteiger charge is 2.35. The van der Waals surface area contributed by atoms with Gasteiger partial charge in [-0.3, -0.25) is 9.59 Å². The molecule has 0 saturated carbocycles. The number of alkyl carbamates (subject to hydrolysis) is 1. The minimum absolute atomic E-state index is 0.0269. The van der Waals surface area contributed by atoms with Crippen LogP contribution in [0.25, 0.3) is 0 Å². The van der Waals surface area contributed by atoms with Gasteiger partial charge in [0, 0.05) is 24.4 Å². The zero-order chi connectivity index (χ0) is 25.7. The first-order valence-corrected chi connectivity index (χ1v) is 12.1. The van der Waals surface area contributed by atoms with Gasteiger partial charge >= 0.3 is 6.09 Å². The largest absolute Gasteiger partial charge is 0.444 e. The molecule has 1 aromatic carbocycles. The number of nitrogens with zero attached hydrogens (tertiary/aromatic N) is 1. The summed E-state index contributed by atoms with van der Waals surface area (Å²) in [6.07, 6.45) is 7.44. The fourth-order valence-electron chi connectivity index (χ4n) is 3.23. The minimum atomic E-state index is -1.06. The second kappa shape index (κ2) is 14.5. The van der Waals surface area contributed by atoms with Crippen molar-refractivity contribution in [3.05, 3.63) is 35.4 Å². The van der Waals surface area contributed by atoms with Gasteiger partial charge in [-0.2, -0.15) is 12.6 Å². The SMILES string of the molecule is C#Cc1ccc(C(C(=O)NCCCCC)N(CCO)C(=O)C(CS)NC(=O)OC(C)(C)C)cc1. The van der Waals surface area contributed by atoms with Gasteiger partial charge in [0.15, 0.2) is 0 Å². The molecule has 188 valence electrons. The van der Waals surface area contributed by atoms with E-state index < -0.39 is 29.7 Å². The van der Waals surface area contributed by atoms with Crippen molar-refractivity contribution in [1.82, 2.24) is 15.5 Å². The maximum Gasteiger partial charge on any atom is 0.408 e. The average Bonchev–Trinajstić information content (AvgIpc) is 2.78. The van der Waals surface area contributed by atoms with Crippen molar-refractivity contribution >= 4 is 30.5 Å². The molecule has 2 unspecified atom stereocenters. The van der Waals surface area contributed by atoms with E-state index in [0.29, 0.717) is 17.7 Å². The Morgan fingerprint density at radius 3 is 2.35 bits per heavy atom. The number of terminal acetylenes is 1. The van der Waals surface area contributed by atoms with Crippen LogP contribution in [-0.4, -0.2) is 65.0 Å². The monoisotopic (exact) mass is 491 g/mol. The quantitative estimate of drug-likeness (QED) is 0.204. The van der Waals surface area contributed by atoms with E-state index in [1.165, 1.54) is 4.90 Å². The smallest absolute Gasteiger partial charge is 0.408 e. The van der Waals surface area contributed by atoms with Crippen LogP contribution in [0, 0.1) is 12.3 Å². The Bertz CT molecular complexity index is 846. The number of aliphatic hydroxyl groups is 1. The van der Waals surface area contributed by atoms with E-state index in [1.54, 1.807) is 45.0 Å². The van der Waals surface area contributed by atoms with Gasteiger partial charge in [-0.25, -0.2) is 4.79 Å². The second-order valence-corrected chi connectivity index (χ2v) is 9.17. The molecule has 1 aromatic rings. The predicted molar refractivity (Wildman–Crippen MR) is 135 cm³/mol. The van der Waals surface area contributed by atoms with E-state index in [9.17, 15) is 19.5 Å². The molecular weight excluding hydrogens is 454 g/mol. The van der Waals surface area contributed by atoms with Crippen molar-refractivity contribution in [1.29, 1.82) is 0 Å². The average molecular weight is 492 g/mol. The number of hydrogen-bond acceptors (Lipinski definition) is 6. The molecule has 0 spiro atoms. The first kappa shape index (κ1) is 29.3. The number of amides is 3. The minimum Gasteiger partial charge on any atom is -0.444 e. The Morgan fingerprint density at radius 2 is 1.85 bits per heavy atom. The number of carbonyl (C=O) groups excluding carboxylic acids is 3. The normalized spacial score (nSPS) is 12.7. The van der Waals surface area contributed by atoms with Crippen LogP contribution in [0.2, 0.25) is 0 Å². The molecule has 0 heterocycles. The summed E-state index contributed by atoms with van der Waals surface area (Å²) in [6, 6.07) is 4.63. The maximum atomic E-state index is 13.5. The number of hydrogen-bond donors (Lipinski definition) is 4. The summed E-state index contributed by atoms with van der Waals surface area (Å²) >= 11 is 4.21. The number of carbonyl (C=O) groups is 3.